The molecule has 0 amide bonds. The molecule has 0 saturated heterocycles. The van der Waals surface area contributed by atoms with Gasteiger partial charge in [-0.2, -0.15) is 0 Å². The smallest absolute Gasteiger partial charge is 0.173 e. The summed E-state index contributed by atoms with van der Waals surface area (Å²) in [5, 5.41) is 14.6. The fraction of sp³-hybridized carbons (Fsp3) is 0.429. The van der Waals surface area contributed by atoms with Crippen LogP contribution in [0, 0.1) is 29.7 Å². The van der Waals surface area contributed by atoms with Crippen molar-refractivity contribution in [1.82, 2.24) is 4.98 Å². The zero-order chi connectivity index (χ0) is 39.6. The van der Waals surface area contributed by atoms with Gasteiger partial charge in [0.05, 0.1) is 0 Å². The van der Waals surface area contributed by atoms with Gasteiger partial charge in [-0.05, 0) is 74.1 Å². The largest absolute Gasteiger partial charge is 0.512 e. The van der Waals surface area contributed by atoms with Crippen LogP contribution in [-0.4, -0.2) is 15.9 Å². The van der Waals surface area contributed by atoms with Crippen molar-refractivity contribution in [2.24, 2.45) is 16.7 Å². The molecule has 3 aromatic heterocycles. The molecule has 6 rings (SSSR count). The van der Waals surface area contributed by atoms with Crippen LogP contribution in [0.25, 0.3) is 55.5 Å². The summed E-state index contributed by atoms with van der Waals surface area (Å²) >= 11 is 0. The predicted molar refractivity (Wildman–Crippen MR) is 226 cm³/mol. The summed E-state index contributed by atoms with van der Waals surface area (Å²) in [6, 6.07) is 24.9. The number of furan rings is 2. The van der Waals surface area contributed by atoms with Crippen LogP contribution in [0.2, 0.25) is 0 Å². The Balaban J connectivity index is 0.000000320. The van der Waals surface area contributed by atoms with Crippen LogP contribution in [0.4, 0.5) is 0 Å². The number of aliphatic hydroxyl groups is 1. The summed E-state index contributed by atoms with van der Waals surface area (Å²) in [4.78, 5) is 16.9. The van der Waals surface area contributed by atoms with E-state index in [1.165, 1.54) is 22.6 Å². The quantitative estimate of drug-likeness (QED) is 0.0796. The van der Waals surface area contributed by atoms with Gasteiger partial charge in [-0.25, -0.2) is 0 Å². The third-order valence-electron chi connectivity index (χ3n) is 11.7. The van der Waals surface area contributed by atoms with Crippen molar-refractivity contribution in [3.8, 4) is 22.8 Å². The first kappa shape index (κ1) is 43.7. The van der Waals surface area contributed by atoms with Crippen LogP contribution >= 0.6 is 0 Å². The third-order valence-corrected chi connectivity index (χ3v) is 11.7. The molecule has 0 fully saturated rings. The Morgan fingerprint density at radius 1 is 0.855 bits per heavy atom. The Kier molecular flexibility index (Phi) is 13.9. The molecule has 6 heteroatoms. The van der Waals surface area contributed by atoms with Crippen molar-refractivity contribution in [2.45, 2.75) is 121 Å². The minimum absolute atomic E-state index is 0. The van der Waals surface area contributed by atoms with Crippen LogP contribution < -0.4 is 0 Å². The van der Waals surface area contributed by atoms with E-state index in [1.807, 2.05) is 53.8 Å². The summed E-state index contributed by atoms with van der Waals surface area (Å²) in [7, 11) is 0. The Hall–Kier alpha value is -3.99. The molecule has 0 atom stereocenters. The summed E-state index contributed by atoms with van der Waals surface area (Å²) in [6.45, 7) is 25.4. The Bertz CT molecular complexity index is 2290. The van der Waals surface area contributed by atoms with Crippen molar-refractivity contribution < 1.29 is 38.8 Å². The number of benzene rings is 3. The van der Waals surface area contributed by atoms with E-state index in [-0.39, 0.29) is 47.9 Å². The number of nitrogens with zero attached hydrogens (tertiary/aromatic N) is 1. The molecule has 3 aromatic carbocycles. The van der Waals surface area contributed by atoms with Gasteiger partial charge in [0.15, 0.2) is 17.3 Å². The first-order chi connectivity index (χ1) is 25.5. The Morgan fingerprint density at radius 2 is 1.51 bits per heavy atom. The Labute approximate surface area is 342 Å². The molecule has 0 aliphatic carbocycles. The molecule has 0 saturated carbocycles. The van der Waals surface area contributed by atoms with Crippen LogP contribution in [0.5, 0.6) is 0 Å². The fourth-order valence-corrected chi connectivity index (χ4v) is 7.03. The summed E-state index contributed by atoms with van der Waals surface area (Å²) in [6.07, 6.45) is 7.63. The average Bonchev–Trinajstić information content (AvgIpc) is 3.73. The van der Waals surface area contributed by atoms with Crippen molar-refractivity contribution in [1.29, 1.82) is 0 Å². The molecule has 1 radical (unpaired) electrons. The van der Waals surface area contributed by atoms with Crippen molar-refractivity contribution in [3.05, 3.63) is 101 Å². The number of aromatic nitrogens is 1. The molecular formula is C49H60IrNO4-. The van der Waals surface area contributed by atoms with Gasteiger partial charge in [-0.3, -0.25) is 9.78 Å². The molecule has 0 bridgehead atoms. The van der Waals surface area contributed by atoms with E-state index in [0.717, 1.165) is 87.8 Å². The number of pyridine rings is 1. The maximum Gasteiger partial charge on any atom is 0.173 e. The second-order valence-electron chi connectivity index (χ2n) is 17.0. The van der Waals surface area contributed by atoms with Crippen LogP contribution in [0.3, 0.4) is 0 Å². The molecule has 0 spiro atoms. The molecule has 55 heavy (non-hydrogen) atoms. The number of allylic oxidation sites excluding steroid dienone is 2. The molecule has 0 aliphatic rings. The predicted octanol–water partition coefficient (Wildman–Crippen LogP) is 14.3. The molecule has 1 N–H and O–H groups in total. The average molecular weight is 919 g/mol. The summed E-state index contributed by atoms with van der Waals surface area (Å²) in [5.41, 5.74) is 6.43. The summed E-state index contributed by atoms with van der Waals surface area (Å²) in [5.74, 6) is 2.38. The standard InChI is InChI=1S/C34H32NO2.C15H28O2.Ir/c1-20(2)15-22-11-12-26-21(3)32(36-29(26)16-22)30-19-24-13-14-35-31(33(24)37-30)25-17-23-9-7-8-10-27(23)28(18-25)34(4,5)6;1-7-14(5,8-2)12(16)11-13(17)15(6,9-3)10-4;/h7-14,16,18-20H,15H2,1-6H3;11,16H,7-10H2,1-6H3;/q-1;;/b;12-11-;. The third kappa shape index (κ3) is 9.19. The van der Waals surface area contributed by atoms with Crippen LogP contribution in [0.1, 0.15) is 119 Å². The summed E-state index contributed by atoms with van der Waals surface area (Å²) < 4.78 is 12.9. The monoisotopic (exact) mass is 919 g/mol. The molecule has 0 aliphatic heterocycles. The first-order valence-corrected chi connectivity index (χ1v) is 19.8. The molecule has 3 heterocycles. The number of carbonyl (C=O) groups is 1. The second-order valence-corrected chi connectivity index (χ2v) is 17.0. The van der Waals surface area contributed by atoms with E-state index in [1.54, 1.807) is 0 Å². The minimum atomic E-state index is -0.337. The van der Waals surface area contributed by atoms with Crippen molar-refractivity contribution in [2.75, 3.05) is 0 Å². The number of rotatable bonds is 11. The van der Waals surface area contributed by atoms with Gasteiger partial charge in [0.1, 0.15) is 16.9 Å². The van der Waals surface area contributed by atoms with Crippen molar-refractivity contribution in [3.63, 3.8) is 0 Å². The normalized spacial score (nSPS) is 12.6. The van der Waals surface area contributed by atoms with Gasteiger partial charge >= 0.3 is 0 Å². The molecule has 0 unspecified atom stereocenters. The zero-order valence-corrected chi connectivity index (χ0v) is 37.4. The van der Waals surface area contributed by atoms with Crippen LogP contribution in [0.15, 0.2) is 87.5 Å². The first-order valence-electron chi connectivity index (χ1n) is 19.8. The fourth-order valence-electron chi connectivity index (χ4n) is 7.03. The maximum atomic E-state index is 12.2. The van der Waals surface area contributed by atoms with Crippen LogP contribution in [-0.2, 0) is 36.7 Å². The number of carbonyl (C=O) groups excluding carboxylic acids is 1. The molecule has 295 valence electrons. The van der Waals surface area contributed by atoms with E-state index >= 15 is 0 Å². The molecular weight excluding hydrogens is 859 g/mol. The van der Waals surface area contributed by atoms with Gasteiger partial charge < -0.3 is 13.9 Å². The van der Waals surface area contributed by atoms with E-state index in [9.17, 15) is 9.90 Å². The number of hydrogen-bond acceptors (Lipinski definition) is 5. The number of aliphatic hydroxyl groups excluding tert-OH is 1. The van der Waals surface area contributed by atoms with Gasteiger partial charge in [-0.1, -0.05) is 117 Å². The second kappa shape index (κ2) is 17.4. The van der Waals surface area contributed by atoms with Crippen molar-refractivity contribution >= 4 is 38.5 Å². The van der Waals surface area contributed by atoms with Gasteiger partial charge in [0.2, 0.25) is 0 Å². The number of hydrogen-bond donors (Lipinski definition) is 1. The SMILES string of the molecule is CCC(C)(CC)C(=O)/C=C(\O)C(C)(CC)CC.Cc1c(-c2cc3ccnc(-c4[c-]c5ccccc5c(C(C)(C)C)c4)c3o2)oc2cc(CC(C)C)ccc12.[Ir]. The number of ketones is 1. The number of fused-ring (bicyclic) bond motifs is 3. The van der Waals surface area contributed by atoms with Gasteiger partial charge in [-0.15, -0.1) is 29.1 Å². The molecule has 5 nitrogen and oxygen atoms in total. The van der Waals surface area contributed by atoms with E-state index in [2.05, 4.69) is 102 Å². The zero-order valence-electron chi connectivity index (χ0n) is 35.0. The van der Waals surface area contributed by atoms with E-state index < -0.39 is 0 Å². The van der Waals surface area contributed by atoms with E-state index in [0.29, 0.717) is 5.92 Å². The van der Waals surface area contributed by atoms with Gasteiger partial charge in [0, 0.05) is 65.2 Å². The minimum Gasteiger partial charge on any atom is -0.512 e. The van der Waals surface area contributed by atoms with Gasteiger partial charge in [0.25, 0.3) is 0 Å². The molecule has 6 aromatic rings. The topological polar surface area (TPSA) is 76.5 Å². The van der Waals surface area contributed by atoms with E-state index in [4.69, 9.17) is 13.8 Å². The maximum absolute atomic E-state index is 12.2. The Morgan fingerprint density at radius 3 is 2.13 bits per heavy atom. The number of aryl methyl sites for hydroxylation is 1.